The van der Waals surface area contributed by atoms with Crippen molar-refractivity contribution in [3.8, 4) is 40.6 Å². The van der Waals surface area contributed by atoms with Gasteiger partial charge in [-0.25, -0.2) is 9.67 Å². The van der Waals surface area contributed by atoms with Gasteiger partial charge in [-0.15, -0.1) is 5.10 Å². The van der Waals surface area contributed by atoms with Gasteiger partial charge in [-0.2, -0.15) is 10.5 Å². The fourth-order valence-electron chi connectivity index (χ4n) is 3.96. The van der Waals surface area contributed by atoms with Crippen LogP contribution in [-0.4, -0.2) is 25.0 Å². The Morgan fingerprint density at radius 2 is 1.44 bits per heavy atom. The average molecular weight is 465 g/mol. The van der Waals surface area contributed by atoms with E-state index in [1.165, 1.54) is 0 Å². The number of benzene rings is 4. The number of para-hydroxylation sites is 3. The summed E-state index contributed by atoms with van der Waals surface area (Å²) in [7, 11) is 0. The molecule has 0 radical (unpaired) electrons. The molecule has 6 rings (SSSR count). The Morgan fingerprint density at radius 1 is 0.750 bits per heavy atom. The second-order valence-electron chi connectivity index (χ2n) is 7.95. The minimum Gasteiger partial charge on any atom is -0.455 e. The molecule has 8 nitrogen and oxygen atoms in total. The smallest absolute Gasteiger partial charge is 0.154 e. The quantitative estimate of drug-likeness (QED) is 0.334. The average Bonchev–Trinajstić information content (AvgIpc) is 3.37. The highest BCUT2D eigenvalue weighted by molar-refractivity contribution is 5.78. The minimum absolute atomic E-state index is 0.212. The summed E-state index contributed by atoms with van der Waals surface area (Å²) in [6.07, 6.45) is 1.74. The SMILES string of the molecule is N#Cc1cc(Oc2ccc(-c3cnc4ccccc4n3)cc2)c(-n2nnc3ccccc32)cc1C#N. The first-order chi connectivity index (χ1) is 17.7. The molecule has 0 aliphatic rings. The molecule has 0 fully saturated rings. The molecule has 0 bridgehead atoms. The van der Waals surface area contributed by atoms with E-state index in [0.717, 1.165) is 27.8 Å². The molecule has 0 amide bonds. The lowest BCUT2D eigenvalue weighted by atomic mass is 10.1. The van der Waals surface area contributed by atoms with Gasteiger partial charge in [-0.05, 0) is 54.6 Å². The van der Waals surface area contributed by atoms with Gasteiger partial charge in [0.25, 0.3) is 0 Å². The molecule has 6 aromatic rings. The van der Waals surface area contributed by atoms with Crippen LogP contribution in [0.5, 0.6) is 11.5 Å². The molecule has 0 saturated heterocycles. The summed E-state index contributed by atoms with van der Waals surface area (Å²) < 4.78 is 7.80. The topological polar surface area (TPSA) is 113 Å². The minimum atomic E-state index is 0.212. The van der Waals surface area contributed by atoms with E-state index in [1.807, 2.05) is 72.8 Å². The maximum atomic E-state index is 9.57. The Hall–Kier alpha value is -5.60. The fraction of sp³-hybridized carbons (Fsp3) is 0. The Morgan fingerprint density at radius 3 is 2.22 bits per heavy atom. The first-order valence-corrected chi connectivity index (χ1v) is 11.0. The van der Waals surface area contributed by atoms with E-state index in [0.29, 0.717) is 22.7 Å². The molecule has 36 heavy (non-hydrogen) atoms. The van der Waals surface area contributed by atoms with Crippen LogP contribution in [0.25, 0.3) is 39.0 Å². The molecule has 0 N–H and O–H groups in total. The predicted molar refractivity (Wildman–Crippen MR) is 133 cm³/mol. The zero-order valence-corrected chi connectivity index (χ0v) is 18.7. The van der Waals surface area contributed by atoms with E-state index in [1.54, 1.807) is 23.0 Å². The zero-order valence-electron chi connectivity index (χ0n) is 18.7. The van der Waals surface area contributed by atoms with E-state index >= 15 is 0 Å². The summed E-state index contributed by atoms with van der Waals surface area (Å²) in [5.74, 6) is 0.922. The summed E-state index contributed by atoms with van der Waals surface area (Å²) in [5.41, 5.74) is 5.69. The van der Waals surface area contributed by atoms with E-state index in [9.17, 15) is 10.5 Å². The molecule has 0 atom stereocenters. The van der Waals surface area contributed by atoms with Crippen molar-refractivity contribution in [1.82, 2.24) is 25.0 Å². The number of nitriles is 2. The van der Waals surface area contributed by atoms with Gasteiger partial charge in [0, 0.05) is 11.6 Å². The van der Waals surface area contributed by atoms with Crippen LogP contribution < -0.4 is 4.74 Å². The van der Waals surface area contributed by atoms with Gasteiger partial charge >= 0.3 is 0 Å². The maximum Gasteiger partial charge on any atom is 0.154 e. The van der Waals surface area contributed by atoms with Gasteiger partial charge in [0.15, 0.2) is 5.75 Å². The fourth-order valence-corrected chi connectivity index (χ4v) is 3.96. The van der Waals surface area contributed by atoms with E-state index in [2.05, 4.69) is 32.4 Å². The van der Waals surface area contributed by atoms with Crippen molar-refractivity contribution in [2.45, 2.75) is 0 Å². The first-order valence-electron chi connectivity index (χ1n) is 11.0. The van der Waals surface area contributed by atoms with Crippen molar-refractivity contribution in [2.24, 2.45) is 0 Å². The molecule has 0 aliphatic heterocycles. The van der Waals surface area contributed by atoms with Gasteiger partial charge < -0.3 is 4.74 Å². The van der Waals surface area contributed by atoms with Gasteiger partial charge in [0.2, 0.25) is 0 Å². The molecule has 0 spiro atoms. The summed E-state index contributed by atoms with van der Waals surface area (Å²) in [6, 6.07) is 29.9. The molecule has 4 aromatic carbocycles. The number of hydrogen-bond donors (Lipinski definition) is 0. The lowest BCUT2D eigenvalue weighted by Gasteiger charge is -2.13. The Balaban J connectivity index is 1.39. The normalized spacial score (nSPS) is 10.7. The van der Waals surface area contributed by atoms with Crippen LogP contribution in [0.15, 0.2) is 91.1 Å². The van der Waals surface area contributed by atoms with Crippen LogP contribution in [0.3, 0.4) is 0 Å². The van der Waals surface area contributed by atoms with E-state index in [4.69, 9.17) is 4.74 Å². The Bertz CT molecular complexity index is 1840. The molecule has 0 saturated carbocycles. The number of nitrogens with zero attached hydrogens (tertiary/aromatic N) is 7. The number of rotatable bonds is 4. The largest absolute Gasteiger partial charge is 0.455 e. The van der Waals surface area contributed by atoms with E-state index in [-0.39, 0.29) is 11.1 Å². The van der Waals surface area contributed by atoms with Crippen LogP contribution in [0.2, 0.25) is 0 Å². The third-order valence-electron chi connectivity index (χ3n) is 5.75. The molecule has 2 aromatic heterocycles. The lowest BCUT2D eigenvalue weighted by Crippen LogP contribution is -2.02. The van der Waals surface area contributed by atoms with Gasteiger partial charge in [0.05, 0.1) is 39.6 Å². The standard InChI is InChI=1S/C28H15N7O/c29-15-19-13-27(35-26-8-4-3-7-24(26)33-34-35)28(14-20(19)16-30)36-21-11-9-18(10-12-21)25-17-31-22-5-1-2-6-23(22)32-25/h1-14,17H. The summed E-state index contributed by atoms with van der Waals surface area (Å²) in [4.78, 5) is 9.17. The molecule has 0 aliphatic carbocycles. The van der Waals surface area contributed by atoms with Crippen molar-refractivity contribution in [1.29, 1.82) is 10.5 Å². The van der Waals surface area contributed by atoms with Crippen molar-refractivity contribution in [2.75, 3.05) is 0 Å². The zero-order chi connectivity index (χ0) is 24.5. The highest BCUT2D eigenvalue weighted by atomic mass is 16.5. The molecular formula is C28H15N7O. The van der Waals surface area contributed by atoms with Crippen LogP contribution in [0.1, 0.15) is 11.1 Å². The number of ether oxygens (including phenoxy) is 1. The van der Waals surface area contributed by atoms with Crippen molar-refractivity contribution >= 4 is 22.1 Å². The Labute approximate surface area is 205 Å². The monoisotopic (exact) mass is 465 g/mol. The van der Waals surface area contributed by atoms with E-state index < -0.39 is 0 Å². The number of aromatic nitrogens is 5. The molecule has 8 heteroatoms. The number of fused-ring (bicyclic) bond motifs is 2. The van der Waals surface area contributed by atoms with Crippen LogP contribution in [0.4, 0.5) is 0 Å². The van der Waals surface area contributed by atoms with Crippen molar-refractivity contribution in [3.63, 3.8) is 0 Å². The third-order valence-corrected chi connectivity index (χ3v) is 5.75. The molecular weight excluding hydrogens is 450 g/mol. The second-order valence-corrected chi connectivity index (χ2v) is 7.95. The highest BCUT2D eigenvalue weighted by Gasteiger charge is 2.17. The summed E-state index contributed by atoms with van der Waals surface area (Å²) in [5, 5.41) is 27.6. The summed E-state index contributed by atoms with van der Waals surface area (Å²) >= 11 is 0. The van der Waals surface area contributed by atoms with Crippen LogP contribution in [-0.2, 0) is 0 Å². The van der Waals surface area contributed by atoms with Gasteiger partial charge in [0.1, 0.15) is 29.1 Å². The van der Waals surface area contributed by atoms with Crippen LogP contribution in [0, 0.1) is 22.7 Å². The maximum absolute atomic E-state index is 9.57. The Kier molecular flexibility index (Phi) is 5.03. The van der Waals surface area contributed by atoms with Gasteiger partial charge in [-0.1, -0.05) is 29.5 Å². The van der Waals surface area contributed by atoms with Gasteiger partial charge in [-0.3, -0.25) is 4.98 Å². The third kappa shape index (κ3) is 3.65. The predicted octanol–water partition coefficient (Wildman–Crippen LogP) is 5.57. The first kappa shape index (κ1) is 21.0. The van der Waals surface area contributed by atoms with Crippen molar-refractivity contribution < 1.29 is 4.74 Å². The highest BCUT2D eigenvalue weighted by Crippen LogP contribution is 2.33. The van der Waals surface area contributed by atoms with Crippen molar-refractivity contribution in [3.05, 3.63) is 102 Å². The second kappa shape index (κ2) is 8.64. The lowest BCUT2D eigenvalue weighted by molar-refractivity contribution is 0.478. The summed E-state index contributed by atoms with van der Waals surface area (Å²) in [6.45, 7) is 0. The molecule has 0 unspecified atom stereocenters. The molecule has 2 heterocycles. The number of hydrogen-bond acceptors (Lipinski definition) is 7. The molecule has 168 valence electrons. The van der Waals surface area contributed by atoms with Crippen LogP contribution >= 0.6 is 0 Å².